The quantitative estimate of drug-likeness (QED) is 0.597. The van der Waals surface area contributed by atoms with E-state index in [1.54, 1.807) is 12.1 Å². The van der Waals surface area contributed by atoms with Crippen LogP contribution in [0.1, 0.15) is 5.56 Å². The van der Waals surface area contributed by atoms with Gasteiger partial charge in [-0.15, -0.1) is 19.0 Å². The van der Waals surface area contributed by atoms with E-state index in [2.05, 4.69) is 11.9 Å². The lowest BCUT2D eigenvalue weighted by atomic mass is 10.2. The highest BCUT2D eigenvalue weighted by Crippen LogP contribution is 2.02. The highest BCUT2D eigenvalue weighted by Gasteiger charge is 1.93. The zero-order chi connectivity index (χ0) is 10.9. The van der Waals surface area contributed by atoms with Crippen LogP contribution in [-0.4, -0.2) is 18.1 Å². The molecule has 0 fully saturated rings. The molecule has 1 nitrogen and oxygen atoms in total. The second-order valence-electron chi connectivity index (χ2n) is 3.17. The number of hydrogen-bond donors (Lipinski definition) is 1. The van der Waals surface area contributed by atoms with Crippen LogP contribution in [0.5, 0.6) is 0 Å². The minimum absolute atomic E-state index is 0. The van der Waals surface area contributed by atoms with E-state index in [0.29, 0.717) is 0 Å². The van der Waals surface area contributed by atoms with Crippen molar-refractivity contribution in [3.63, 3.8) is 0 Å². The Labute approximate surface area is 107 Å². The summed E-state index contributed by atoms with van der Waals surface area (Å²) >= 11 is 1.85. The van der Waals surface area contributed by atoms with E-state index in [1.807, 2.05) is 17.8 Å². The number of hydrogen-bond acceptors (Lipinski definition) is 2. The number of thioether (sulfide) groups is 1. The van der Waals surface area contributed by atoms with Gasteiger partial charge < -0.3 is 5.32 Å². The van der Waals surface area contributed by atoms with Crippen molar-refractivity contribution in [2.24, 2.45) is 0 Å². The maximum Gasteiger partial charge on any atom is 0.123 e. The Kier molecular flexibility index (Phi) is 9.39. The van der Waals surface area contributed by atoms with Gasteiger partial charge in [-0.2, -0.15) is 11.8 Å². The zero-order valence-electron chi connectivity index (χ0n) is 9.12. The summed E-state index contributed by atoms with van der Waals surface area (Å²) in [6.45, 7) is 5.43. The van der Waals surface area contributed by atoms with E-state index in [1.165, 1.54) is 12.1 Å². The van der Waals surface area contributed by atoms with Gasteiger partial charge in [0.15, 0.2) is 0 Å². The van der Waals surface area contributed by atoms with Gasteiger partial charge in [-0.1, -0.05) is 18.2 Å². The normalized spacial score (nSPS) is 9.56. The molecule has 0 amide bonds. The minimum atomic E-state index is -0.180. The van der Waals surface area contributed by atoms with Gasteiger partial charge in [-0.05, 0) is 17.7 Å². The zero-order valence-corrected chi connectivity index (χ0v) is 10.7. The summed E-state index contributed by atoms with van der Waals surface area (Å²) < 4.78 is 12.6. The standard InChI is InChI=1S/C12H16FNS.ClH/c1-2-8-15-9-7-14-10-11-3-5-12(13)6-4-11;/h2-6,14H,1,7-10H2;1H. The first-order chi connectivity index (χ1) is 7.33. The molecule has 0 heterocycles. The van der Waals surface area contributed by atoms with E-state index < -0.39 is 0 Å². The molecule has 0 radical (unpaired) electrons. The van der Waals surface area contributed by atoms with Crippen molar-refractivity contribution in [3.8, 4) is 0 Å². The van der Waals surface area contributed by atoms with Crippen LogP contribution in [-0.2, 0) is 6.54 Å². The fraction of sp³-hybridized carbons (Fsp3) is 0.333. The molecule has 0 unspecified atom stereocenters. The molecule has 0 aliphatic heterocycles. The molecule has 0 spiro atoms. The van der Waals surface area contributed by atoms with E-state index >= 15 is 0 Å². The van der Waals surface area contributed by atoms with Crippen LogP contribution in [0.4, 0.5) is 4.39 Å². The van der Waals surface area contributed by atoms with Crippen molar-refractivity contribution < 1.29 is 4.39 Å². The number of rotatable bonds is 7. The van der Waals surface area contributed by atoms with Crippen LogP contribution in [0.25, 0.3) is 0 Å². The summed E-state index contributed by atoms with van der Waals surface area (Å²) in [4.78, 5) is 0. The SMILES string of the molecule is C=CCSCCNCc1ccc(F)cc1.Cl. The van der Waals surface area contributed by atoms with Crippen LogP contribution < -0.4 is 5.32 Å². The molecule has 0 aliphatic carbocycles. The molecular weight excluding hydrogens is 245 g/mol. The van der Waals surface area contributed by atoms with Crippen molar-refractivity contribution >= 4 is 24.2 Å². The first-order valence-electron chi connectivity index (χ1n) is 4.96. The Bertz CT molecular complexity index is 290. The summed E-state index contributed by atoms with van der Waals surface area (Å²) in [6.07, 6.45) is 1.91. The fourth-order valence-electron chi connectivity index (χ4n) is 1.15. The molecule has 4 heteroatoms. The van der Waals surface area contributed by atoms with Crippen molar-refractivity contribution in [2.45, 2.75) is 6.54 Å². The average molecular weight is 262 g/mol. The van der Waals surface area contributed by atoms with E-state index in [0.717, 1.165) is 30.2 Å². The minimum Gasteiger partial charge on any atom is -0.312 e. The Morgan fingerprint density at radius 1 is 1.31 bits per heavy atom. The molecule has 0 aromatic heterocycles. The molecule has 0 saturated heterocycles. The predicted octanol–water partition coefficient (Wildman–Crippen LogP) is 3.26. The van der Waals surface area contributed by atoms with Crippen LogP contribution in [0.3, 0.4) is 0 Å². The topological polar surface area (TPSA) is 12.0 Å². The molecule has 1 aromatic carbocycles. The van der Waals surface area contributed by atoms with E-state index in [9.17, 15) is 4.39 Å². The molecule has 16 heavy (non-hydrogen) atoms. The van der Waals surface area contributed by atoms with E-state index in [4.69, 9.17) is 0 Å². The molecule has 0 atom stereocenters. The number of halogens is 2. The van der Waals surface area contributed by atoms with Gasteiger partial charge in [0.05, 0.1) is 0 Å². The lowest BCUT2D eigenvalue weighted by molar-refractivity contribution is 0.625. The third-order valence-corrected chi connectivity index (χ3v) is 2.87. The van der Waals surface area contributed by atoms with Crippen molar-refractivity contribution in [2.75, 3.05) is 18.1 Å². The smallest absolute Gasteiger partial charge is 0.123 e. The molecule has 0 bridgehead atoms. The van der Waals surface area contributed by atoms with Crippen molar-refractivity contribution in [3.05, 3.63) is 48.3 Å². The van der Waals surface area contributed by atoms with Gasteiger partial charge in [0.1, 0.15) is 5.82 Å². The molecular formula is C12H17ClFNS. The van der Waals surface area contributed by atoms with Crippen molar-refractivity contribution in [1.82, 2.24) is 5.32 Å². The molecule has 1 rings (SSSR count). The molecule has 90 valence electrons. The Balaban J connectivity index is 0.00000225. The van der Waals surface area contributed by atoms with Gasteiger partial charge >= 0.3 is 0 Å². The van der Waals surface area contributed by atoms with Crippen molar-refractivity contribution in [1.29, 1.82) is 0 Å². The summed E-state index contributed by atoms with van der Waals surface area (Å²) in [6, 6.07) is 6.59. The summed E-state index contributed by atoms with van der Waals surface area (Å²) in [5.41, 5.74) is 1.12. The molecule has 0 aliphatic rings. The largest absolute Gasteiger partial charge is 0.312 e. The number of nitrogens with one attached hydrogen (secondary N) is 1. The molecule has 1 aromatic rings. The van der Waals surface area contributed by atoms with Crippen LogP contribution in [0.2, 0.25) is 0 Å². The lowest BCUT2D eigenvalue weighted by Crippen LogP contribution is -2.16. The molecule has 1 N–H and O–H groups in total. The highest BCUT2D eigenvalue weighted by atomic mass is 35.5. The average Bonchev–Trinajstić information content (AvgIpc) is 2.26. The number of benzene rings is 1. The maximum absolute atomic E-state index is 12.6. The van der Waals surface area contributed by atoms with Crippen LogP contribution in [0, 0.1) is 5.82 Å². The lowest BCUT2D eigenvalue weighted by Gasteiger charge is -2.03. The summed E-state index contributed by atoms with van der Waals surface area (Å²) in [5.74, 6) is 1.89. The van der Waals surface area contributed by atoms with Crippen LogP contribution >= 0.6 is 24.2 Å². The van der Waals surface area contributed by atoms with Gasteiger partial charge in [0.2, 0.25) is 0 Å². The second-order valence-corrected chi connectivity index (χ2v) is 4.32. The van der Waals surface area contributed by atoms with Crippen LogP contribution in [0.15, 0.2) is 36.9 Å². The first-order valence-corrected chi connectivity index (χ1v) is 6.12. The Morgan fingerprint density at radius 2 is 2.00 bits per heavy atom. The van der Waals surface area contributed by atoms with Gasteiger partial charge in [-0.3, -0.25) is 0 Å². The Hall–Kier alpha value is -0.510. The third-order valence-electron chi connectivity index (χ3n) is 1.90. The summed E-state index contributed by atoms with van der Waals surface area (Å²) in [7, 11) is 0. The Morgan fingerprint density at radius 3 is 2.62 bits per heavy atom. The summed E-state index contributed by atoms with van der Waals surface area (Å²) in [5, 5.41) is 3.30. The van der Waals surface area contributed by atoms with Gasteiger partial charge in [0.25, 0.3) is 0 Å². The first kappa shape index (κ1) is 15.5. The highest BCUT2D eigenvalue weighted by molar-refractivity contribution is 7.99. The van der Waals surface area contributed by atoms with Gasteiger partial charge in [0, 0.05) is 24.6 Å². The predicted molar refractivity (Wildman–Crippen MR) is 72.9 cm³/mol. The van der Waals surface area contributed by atoms with Gasteiger partial charge in [-0.25, -0.2) is 4.39 Å². The second kappa shape index (κ2) is 9.70. The van der Waals surface area contributed by atoms with E-state index in [-0.39, 0.29) is 18.2 Å². The fourth-order valence-corrected chi connectivity index (χ4v) is 1.77. The maximum atomic E-state index is 12.6. The molecule has 0 saturated carbocycles. The third kappa shape index (κ3) is 6.88. The monoisotopic (exact) mass is 261 g/mol.